The van der Waals surface area contributed by atoms with Crippen LogP contribution in [0.4, 0.5) is 0 Å². The fraction of sp³-hybridized carbons (Fsp3) is 0.409. The van der Waals surface area contributed by atoms with Crippen molar-refractivity contribution in [3.05, 3.63) is 60.2 Å². The Hall–Kier alpha value is -2.47. The fourth-order valence-corrected chi connectivity index (χ4v) is 5.70. The molecule has 1 N–H and O–H groups in total. The minimum Gasteiger partial charge on any atom is -0.492 e. The molecule has 0 aliphatic carbocycles. The van der Waals surface area contributed by atoms with Gasteiger partial charge < -0.3 is 10.1 Å². The van der Waals surface area contributed by atoms with Gasteiger partial charge >= 0.3 is 0 Å². The lowest BCUT2D eigenvalue weighted by Crippen LogP contribution is -2.42. The van der Waals surface area contributed by atoms with E-state index in [0.29, 0.717) is 24.4 Å². The first-order valence-electron chi connectivity index (χ1n) is 10.6. The summed E-state index contributed by atoms with van der Waals surface area (Å²) in [5.41, 5.74) is 0.554. The van der Waals surface area contributed by atoms with E-state index in [1.54, 1.807) is 42.5 Å². The smallest absolute Gasteiger partial charge is 0.243 e. The summed E-state index contributed by atoms with van der Waals surface area (Å²) < 4.78 is 57.3. The third kappa shape index (κ3) is 6.32. The molecule has 2 aromatic rings. The summed E-state index contributed by atoms with van der Waals surface area (Å²) in [4.78, 5) is 13.0. The molecule has 1 atom stereocenters. The van der Waals surface area contributed by atoms with Crippen molar-refractivity contribution in [3.63, 3.8) is 0 Å². The molecule has 1 fully saturated rings. The van der Waals surface area contributed by atoms with Gasteiger partial charge in [0.25, 0.3) is 0 Å². The average molecular weight is 496 g/mol. The molecule has 9 nitrogen and oxygen atoms in total. The molecule has 1 aliphatic rings. The minimum atomic E-state index is -3.60. The minimum absolute atomic E-state index is 0.133. The number of nitrogens with one attached hydrogen (secondary N) is 1. The molecule has 1 amide bonds. The van der Waals surface area contributed by atoms with Crippen LogP contribution in [0.15, 0.2) is 59.5 Å². The lowest BCUT2D eigenvalue weighted by atomic mass is 10.1. The highest BCUT2D eigenvalue weighted by Crippen LogP contribution is 2.23. The quantitative estimate of drug-likeness (QED) is 0.501. The van der Waals surface area contributed by atoms with Crippen molar-refractivity contribution in [1.29, 1.82) is 0 Å². The molecule has 0 radical (unpaired) electrons. The van der Waals surface area contributed by atoms with Crippen molar-refractivity contribution in [2.75, 3.05) is 39.5 Å². The number of carbonyl (C=O) groups is 1. The van der Waals surface area contributed by atoms with Crippen molar-refractivity contribution in [2.45, 2.75) is 23.8 Å². The van der Waals surface area contributed by atoms with Gasteiger partial charge in [-0.1, -0.05) is 30.3 Å². The second-order valence-corrected chi connectivity index (χ2v) is 11.8. The molecular weight excluding hydrogens is 466 g/mol. The van der Waals surface area contributed by atoms with Gasteiger partial charge in [0, 0.05) is 20.1 Å². The summed E-state index contributed by atoms with van der Waals surface area (Å²) >= 11 is 0. The number of hydrogen-bond donors (Lipinski definition) is 1. The van der Waals surface area contributed by atoms with Crippen LogP contribution in [0.25, 0.3) is 0 Å². The topological polar surface area (TPSA) is 113 Å². The molecule has 180 valence electrons. The Morgan fingerprint density at radius 1 is 1.03 bits per heavy atom. The van der Waals surface area contributed by atoms with E-state index in [1.165, 1.54) is 23.5 Å². The summed E-state index contributed by atoms with van der Waals surface area (Å²) in [6, 6.07) is 13.8. The molecule has 0 aromatic heterocycles. The summed E-state index contributed by atoms with van der Waals surface area (Å²) in [5, 5.41) is 2.70. The molecular formula is C22H29N3O6S2. The van der Waals surface area contributed by atoms with E-state index in [-0.39, 0.29) is 18.0 Å². The predicted molar refractivity (Wildman–Crippen MR) is 125 cm³/mol. The molecule has 33 heavy (non-hydrogen) atoms. The van der Waals surface area contributed by atoms with Crippen LogP contribution in [0.2, 0.25) is 0 Å². The Balaban J connectivity index is 1.56. The summed E-state index contributed by atoms with van der Waals surface area (Å²) in [6.07, 6.45) is 2.79. The van der Waals surface area contributed by atoms with Crippen molar-refractivity contribution < 1.29 is 26.4 Å². The van der Waals surface area contributed by atoms with Gasteiger partial charge in [0.1, 0.15) is 18.4 Å². The summed E-state index contributed by atoms with van der Waals surface area (Å²) in [7, 11) is -5.72. The third-order valence-electron chi connectivity index (χ3n) is 5.45. The van der Waals surface area contributed by atoms with Crippen LogP contribution in [0.1, 0.15) is 24.4 Å². The van der Waals surface area contributed by atoms with Crippen LogP contribution >= 0.6 is 0 Å². The second kappa shape index (κ2) is 10.6. The first-order valence-corrected chi connectivity index (χ1v) is 13.9. The molecule has 1 heterocycles. The van der Waals surface area contributed by atoms with Crippen LogP contribution in [0, 0.1) is 0 Å². The Labute approximate surface area is 195 Å². The monoisotopic (exact) mass is 495 g/mol. The number of amides is 1. The van der Waals surface area contributed by atoms with Gasteiger partial charge in [-0.05, 0) is 42.7 Å². The van der Waals surface area contributed by atoms with E-state index in [2.05, 4.69) is 5.32 Å². The molecule has 1 saturated heterocycles. The summed E-state index contributed by atoms with van der Waals surface area (Å²) in [6.45, 7) is 1.36. The van der Waals surface area contributed by atoms with Crippen LogP contribution in [0.3, 0.4) is 0 Å². The first kappa shape index (κ1) is 25.2. The maximum absolute atomic E-state index is 12.8. The molecule has 0 bridgehead atoms. The van der Waals surface area contributed by atoms with Crippen molar-refractivity contribution in [2.24, 2.45) is 0 Å². The zero-order valence-corrected chi connectivity index (χ0v) is 20.3. The highest BCUT2D eigenvalue weighted by Gasteiger charge is 2.30. The number of likely N-dealkylation sites (N-methyl/N-ethyl adjacent to an activating group) is 1. The maximum Gasteiger partial charge on any atom is 0.243 e. The molecule has 2 aromatic carbocycles. The van der Waals surface area contributed by atoms with E-state index in [4.69, 9.17) is 4.74 Å². The second-order valence-electron chi connectivity index (χ2n) is 7.81. The van der Waals surface area contributed by atoms with Gasteiger partial charge in [0.15, 0.2) is 0 Å². The molecule has 0 unspecified atom stereocenters. The standard InChI is InChI=1S/C22H29N3O6S2/c1-24(32(2,27)28)21(18-8-4-3-5-9-18)22(26)23-14-17-31-19-10-12-20(13-11-19)33(29,30)25-15-6-7-16-25/h3-5,8-13,21H,6-7,14-17H2,1-2H3,(H,23,26)/t21-/m1/s1. The Morgan fingerprint density at radius 3 is 2.21 bits per heavy atom. The Kier molecular flexibility index (Phi) is 8.11. The number of hydrogen-bond acceptors (Lipinski definition) is 6. The third-order valence-corrected chi connectivity index (χ3v) is 8.62. The number of ether oxygens (including phenoxy) is 1. The zero-order chi connectivity index (χ0) is 24.1. The molecule has 0 saturated carbocycles. The van der Waals surface area contributed by atoms with Gasteiger partial charge in [-0.15, -0.1) is 0 Å². The average Bonchev–Trinajstić information content (AvgIpc) is 3.33. The summed E-state index contributed by atoms with van der Waals surface area (Å²) in [5.74, 6) is 0.00210. The van der Waals surface area contributed by atoms with Crippen LogP contribution in [-0.2, 0) is 24.8 Å². The maximum atomic E-state index is 12.8. The first-order chi connectivity index (χ1) is 15.6. The number of carbonyl (C=O) groups excluding carboxylic acids is 1. The van der Waals surface area contributed by atoms with E-state index in [9.17, 15) is 21.6 Å². The highest BCUT2D eigenvalue weighted by molar-refractivity contribution is 7.89. The van der Waals surface area contributed by atoms with E-state index in [0.717, 1.165) is 23.4 Å². The van der Waals surface area contributed by atoms with E-state index in [1.807, 2.05) is 0 Å². The van der Waals surface area contributed by atoms with Crippen LogP contribution in [0.5, 0.6) is 5.75 Å². The van der Waals surface area contributed by atoms with E-state index >= 15 is 0 Å². The molecule has 1 aliphatic heterocycles. The molecule has 0 spiro atoms. The van der Waals surface area contributed by atoms with Crippen molar-refractivity contribution in [1.82, 2.24) is 13.9 Å². The SMILES string of the molecule is CN([C@@H](C(=O)NCCOc1ccc(S(=O)(=O)N2CCCC2)cc1)c1ccccc1)S(C)(=O)=O. The van der Waals surface area contributed by atoms with Gasteiger partial charge in [0.2, 0.25) is 26.0 Å². The largest absolute Gasteiger partial charge is 0.492 e. The number of nitrogens with zero attached hydrogens (tertiary/aromatic N) is 2. The Morgan fingerprint density at radius 2 is 1.64 bits per heavy atom. The van der Waals surface area contributed by atoms with Crippen LogP contribution < -0.4 is 10.1 Å². The number of benzene rings is 2. The Bertz CT molecular complexity index is 1150. The number of rotatable bonds is 10. The van der Waals surface area contributed by atoms with Gasteiger partial charge in [-0.2, -0.15) is 8.61 Å². The van der Waals surface area contributed by atoms with Gasteiger partial charge in [0.05, 0.1) is 17.7 Å². The van der Waals surface area contributed by atoms with Crippen molar-refractivity contribution in [3.8, 4) is 5.75 Å². The van der Waals surface area contributed by atoms with Crippen LogP contribution in [-0.4, -0.2) is 70.9 Å². The highest BCUT2D eigenvalue weighted by atomic mass is 32.2. The normalized spacial score (nSPS) is 16.0. The zero-order valence-electron chi connectivity index (χ0n) is 18.7. The predicted octanol–water partition coefficient (Wildman–Crippen LogP) is 1.60. The fourth-order valence-electron chi connectivity index (χ4n) is 3.58. The van der Waals surface area contributed by atoms with E-state index < -0.39 is 32.0 Å². The number of sulfonamides is 2. The lowest BCUT2D eigenvalue weighted by molar-refractivity contribution is -0.124. The lowest BCUT2D eigenvalue weighted by Gasteiger charge is -2.25. The van der Waals surface area contributed by atoms with Gasteiger partial charge in [-0.25, -0.2) is 16.8 Å². The van der Waals surface area contributed by atoms with Gasteiger partial charge in [-0.3, -0.25) is 4.79 Å². The molecule has 11 heteroatoms. The van der Waals surface area contributed by atoms with Crippen molar-refractivity contribution >= 4 is 26.0 Å². The molecule has 3 rings (SSSR count).